The minimum absolute atomic E-state index is 0.0169. The number of aromatic hydroxyl groups is 1. The number of aliphatic hydroxyl groups is 1. The summed E-state index contributed by atoms with van der Waals surface area (Å²) in [5, 5.41) is 31.1. The molecule has 10 nitrogen and oxygen atoms in total. The number of phenols is 1. The van der Waals surface area contributed by atoms with E-state index in [9.17, 15) is 14.3 Å². The number of tetrazole rings is 1. The van der Waals surface area contributed by atoms with Crippen LogP contribution in [0.1, 0.15) is 0 Å². The molecule has 0 unspecified atom stereocenters. The molecule has 4 rings (SSSR count). The van der Waals surface area contributed by atoms with Crippen molar-refractivity contribution in [2.24, 2.45) is 7.05 Å². The van der Waals surface area contributed by atoms with E-state index >= 15 is 0 Å². The summed E-state index contributed by atoms with van der Waals surface area (Å²) in [6.07, 6.45) is -0.0557. The van der Waals surface area contributed by atoms with E-state index in [-0.39, 0.29) is 30.2 Å². The first-order chi connectivity index (χ1) is 13.5. The van der Waals surface area contributed by atoms with Gasteiger partial charge in [0, 0.05) is 23.4 Å². The molecule has 1 aliphatic rings. The van der Waals surface area contributed by atoms with Crippen LogP contribution in [0.5, 0.6) is 5.75 Å². The number of ether oxygens (including phenoxy) is 1. The predicted octanol–water partition coefficient (Wildman–Crippen LogP) is 1.10. The van der Waals surface area contributed by atoms with E-state index in [1.807, 2.05) is 0 Å². The number of halogens is 1. The number of rotatable bonds is 4. The Morgan fingerprint density at radius 2 is 2.18 bits per heavy atom. The summed E-state index contributed by atoms with van der Waals surface area (Å²) in [4.78, 5) is 18.4. The standard InChI is InChI=1S/C17H15FN6O4/c1-23-21-16(20-22-23)13-3-2-9(6-19-13)11-4-15(26)14(5-12(11)18)24-7-10(8-25)28-17(24)27/h2-6,10,25-26H,7-8H2,1H3/t10-/m1/s1. The van der Waals surface area contributed by atoms with Gasteiger partial charge in [0.25, 0.3) is 0 Å². The van der Waals surface area contributed by atoms with Crippen LogP contribution in [0.4, 0.5) is 14.9 Å². The van der Waals surface area contributed by atoms with Crippen molar-refractivity contribution >= 4 is 11.8 Å². The Bertz CT molecular complexity index is 1040. The fourth-order valence-corrected chi connectivity index (χ4v) is 2.87. The summed E-state index contributed by atoms with van der Waals surface area (Å²) in [5.41, 5.74) is 0.964. The van der Waals surface area contributed by atoms with E-state index in [1.165, 1.54) is 17.1 Å². The van der Waals surface area contributed by atoms with Crippen LogP contribution >= 0.6 is 0 Å². The molecule has 144 valence electrons. The highest BCUT2D eigenvalue weighted by Crippen LogP contribution is 2.36. The third kappa shape index (κ3) is 3.11. The molecule has 0 saturated carbocycles. The van der Waals surface area contributed by atoms with E-state index in [2.05, 4.69) is 20.4 Å². The van der Waals surface area contributed by atoms with E-state index < -0.39 is 18.0 Å². The van der Waals surface area contributed by atoms with E-state index in [0.717, 1.165) is 11.0 Å². The molecule has 0 radical (unpaired) electrons. The molecule has 1 atom stereocenters. The third-order valence-corrected chi connectivity index (χ3v) is 4.24. The summed E-state index contributed by atoms with van der Waals surface area (Å²) in [6.45, 7) is -0.342. The zero-order valence-corrected chi connectivity index (χ0v) is 14.7. The minimum Gasteiger partial charge on any atom is -0.506 e. The molecule has 2 N–H and O–H groups in total. The van der Waals surface area contributed by atoms with Crippen LogP contribution in [0.15, 0.2) is 30.5 Å². The average Bonchev–Trinajstić information content (AvgIpc) is 3.29. The molecule has 1 saturated heterocycles. The topological polar surface area (TPSA) is 126 Å². The zero-order chi connectivity index (χ0) is 19.8. The second kappa shape index (κ2) is 6.85. The predicted molar refractivity (Wildman–Crippen MR) is 93.8 cm³/mol. The van der Waals surface area contributed by atoms with Crippen LogP contribution in [0, 0.1) is 5.82 Å². The maximum atomic E-state index is 14.7. The first-order valence-corrected chi connectivity index (χ1v) is 8.28. The van der Waals surface area contributed by atoms with E-state index in [0.29, 0.717) is 17.1 Å². The number of aliphatic hydroxyl groups excluding tert-OH is 1. The maximum Gasteiger partial charge on any atom is 0.414 e. The number of benzene rings is 1. The number of hydrogen-bond acceptors (Lipinski definition) is 8. The van der Waals surface area contributed by atoms with Crippen LogP contribution in [0.25, 0.3) is 22.6 Å². The number of anilines is 1. The molecular weight excluding hydrogens is 371 g/mol. The number of carbonyl (C=O) groups excluding carboxylic acids is 1. The van der Waals surface area contributed by atoms with Crippen molar-refractivity contribution < 1.29 is 24.1 Å². The maximum absolute atomic E-state index is 14.7. The lowest BCUT2D eigenvalue weighted by molar-refractivity contribution is 0.0963. The number of aryl methyl sites for hydroxylation is 1. The van der Waals surface area contributed by atoms with Crippen molar-refractivity contribution in [1.82, 2.24) is 25.2 Å². The highest BCUT2D eigenvalue weighted by Gasteiger charge is 2.34. The summed E-state index contributed by atoms with van der Waals surface area (Å²) >= 11 is 0. The molecule has 2 aromatic heterocycles. The van der Waals surface area contributed by atoms with Gasteiger partial charge in [-0.05, 0) is 17.3 Å². The Hall–Kier alpha value is -3.60. The smallest absolute Gasteiger partial charge is 0.414 e. The Morgan fingerprint density at radius 3 is 2.79 bits per heavy atom. The molecule has 28 heavy (non-hydrogen) atoms. The van der Waals surface area contributed by atoms with Crippen LogP contribution in [-0.4, -0.2) is 60.8 Å². The SMILES string of the molecule is Cn1nnc(-c2ccc(-c3cc(O)c(N4C[C@H](CO)OC4=O)cc3F)cn2)n1. The summed E-state index contributed by atoms with van der Waals surface area (Å²) < 4.78 is 19.6. The molecule has 1 amide bonds. The van der Waals surface area contributed by atoms with Crippen molar-refractivity contribution in [3.63, 3.8) is 0 Å². The van der Waals surface area contributed by atoms with Crippen molar-refractivity contribution in [3.8, 4) is 28.4 Å². The largest absolute Gasteiger partial charge is 0.506 e. The highest BCUT2D eigenvalue weighted by atomic mass is 19.1. The molecule has 1 fully saturated rings. The van der Waals surface area contributed by atoms with Crippen molar-refractivity contribution in [2.45, 2.75) is 6.10 Å². The van der Waals surface area contributed by atoms with Crippen LogP contribution in [0.3, 0.4) is 0 Å². The average molecular weight is 386 g/mol. The number of hydrogen-bond donors (Lipinski definition) is 2. The summed E-state index contributed by atoms with van der Waals surface area (Å²) in [7, 11) is 1.63. The van der Waals surface area contributed by atoms with Crippen molar-refractivity contribution in [3.05, 3.63) is 36.3 Å². The molecule has 11 heteroatoms. The third-order valence-electron chi connectivity index (χ3n) is 4.24. The van der Waals surface area contributed by atoms with Crippen LogP contribution in [-0.2, 0) is 11.8 Å². The van der Waals surface area contributed by atoms with Gasteiger partial charge in [0.1, 0.15) is 23.4 Å². The van der Waals surface area contributed by atoms with Crippen LogP contribution in [0.2, 0.25) is 0 Å². The number of carbonyl (C=O) groups is 1. The number of aromatic nitrogens is 5. The number of pyridine rings is 1. The number of phenolic OH excluding ortho intramolecular Hbond substituents is 1. The second-order valence-corrected chi connectivity index (χ2v) is 6.15. The summed E-state index contributed by atoms with van der Waals surface area (Å²) in [5.74, 6) is -0.620. The molecule has 1 aliphatic heterocycles. The van der Waals surface area contributed by atoms with Gasteiger partial charge >= 0.3 is 6.09 Å². The lowest BCUT2D eigenvalue weighted by atomic mass is 10.0. The van der Waals surface area contributed by atoms with E-state index in [4.69, 9.17) is 9.84 Å². The Labute approximate surface area is 157 Å². The Morgan fingerprint density at radius 1 is 1.36 bits per heavy atom. The Balaban J connectivity index is 1.64. The highest BCUT2D eigenvalue weighted by molar-refractivity contribution is 5.92. The molecule has 0 spiro atoms. The molecular formula is C17H15FN6O4. The van der Waals surface area contributed by atoms with E-state index in [1.54, 1.807) is 19.2 Å². The number of amides is 1. The molecule has 0 bridgehead atoms. The Kier molecular flexibility index (Phi) is 4.35. The van der Waals surface area contributed by atoms with Gasteiger partial charge in [-0.1, -0.05) is 6.07 Å². The monoisotopic (exact) mass is 386 g/mol. The van der Waals surface area contributed by atoms with Crippen LogP contribution < -0.4 is 4.90 Å². The molecule has 1 aromatic carbocycles. The normalized spacial score (nSPS) is 16.5. The first-order valence-electron chi connectivity index (χ1n) is 8.28. The molecule has 3 aromatic rings. The first kappa shape index (κ1) is 17.8. The fourth-order valence-electron chi connectivity index (χ4n) is 2.87. The van der Waals surface area contributed by atoms with Gasteiger partial charge in [-0.25, -0.2) is 9.18 Å². The molecule has 3 heterocycles. The fraction of sp³-hybridized carbons (Fsp3) is 0.235. The van der Waals surface area contributed by atoms with Gasteiger partial charge in [-0.2, -0.15) is 4.80 Å². The minimum atomic E-state index is -0.760. The lowest BCUT2D eigenvalue weighted by Gasteiger charge is -2.16. The van der Waals surface area contributed by atoms with Crippen molar-refractivity contribution in [1.29, 1.82) is 0 Å². The number of cyclic esters (lactones) is 1. The van der Waals surface area contributed by atoms with Gasteiger partial charge in [-0.15, -0.1) is 10.2 Å². The van der Waals surface area contributed by atoms with Gasteiger partial charge in [0.15, 0.2) is 0 Å². The lowest BCUT2D eigenvalue weighted by Crippen LogP contribution is -2.25. The second-order valence-electron chi connectivity index (χ2n) is 6.15. The zero-order valence-electron chi connectivity index (χ0n) is 14.7. The van der Waals surface area contributed by atoms with Gasteiger partial charge < -0.3 is 14.9 Å². The van der Waals surface area contributed by atoms with Gasteiger partial charge in [0.05, 0.1) is 25.9 Å². The number of nitrogens with zero attached hydrogens (tertiary/aromatic N) is 6. The van der Waals surface area contributed by atoms with Crippen molar-refractivity contribution in [2.75, 3.05) is 18.1 Å². The van der Waals surface area contributed by atoms with Gasteiger partial charge in [0.2, 0.25) is 5.82 Å². The van der Waals surface area contributed by atoms with Gasteiger partial charge in [-0.3, -0.25) is 9.88 Å². The molecule has 0 aliphatic carbocycles. The summed E-state index contributed by atoms with van der Waals surface area (Å²) in [6, 6.07) is 5.48. The quantitative estimate of drug-likeness (QED) is 0.683.